The molecule has 0 aromatic heterocycles. The summed E-state index contributed by atoms with van der Waals surface area (Å²) in [6, 6.07) is 15.8. The highest BCUT2D eigenvalue weighted by atomic mass is 16.5. The van der Waals surface area contributed by atoms with Gasteiger partial charge in [0, 0.05) is 38.3 Å². The number of carbonyl (C=O) groups excluding carboxylic acids is 1. The summed E-state index contributed by atoms with van der Waals surface area (Å²) in [6.07, 6.45) is 4.71. The molecule has 154 valence electrons. The second kappa shape index (κ2) is 10.5. The number of hydrogen-bond donors (Lipinski definition) is 3. The van der Waals surface area contributed by atoms with Crippen molar-refractivity contribution in [2.75, 3.05) is 20.6 Å². The topological polar surface area (TPSA) is 74.8 Å². The number of nitrogens with zero attached hydrogens (tertiary/aromatic N) is 1. The van der Waals surface area contributed by atoms with Gasteiger partial charge in [-0.3, -0.25) is 9.79 Å². The normalized spacial score (nSPS) is 14.1. The van der Waals surface area contributed by atoms with Gasteiger partial charge in [-0.15, -0.1) is 0 Å². The maximum atomic E-state index is 11.8. The Kier molecular flexibility index (Phi) is 7.50. The Balaban J connectivity index is 1.48. The molecule has 0 heterocycles. The summed E-state index contributed by atoms with van der Waals surface area (Å²) < 4.78 is 6.09. The average molecular weight is 395 g/mol. The fourth-order valence-electron chi connectivity index (χ4n) is 3.17. The summed E-state index contributed by atoms with van der Waals surface area (Å²) in [4.78, 5) is 16.1. The van der Waals surface area contributed by atoms with Gasteiger partial charge in [0.05, 0.1) is 6.10 Å². The van der Waals surface area contributed by atoms with E-state index in [1.165, 1.54) is 6.42 Å². The first-order valence-electron chi connectivity index (χ1n) is 10.2. The van der Waals surface area contributed by atoms with Gasteiger partial charge in [-0.05, 0) is 49.4 Å². The predicted octanol–water partition coefficient (Wildman–Crippen LogP) is 2.89. The lowest BCUT2D eigenvalue weighted by Gasteiger charge is -2.27. The third kappa shape index (κ3) is 5.98. The van der Waals surface area contributed by atoms with Crippen LogP contribution >= 0.6 is 0 Å². The number of rotatable bonds is 8. The highest BCUT2D eigenvalue weighted by molar-refractivity contribution is 5.94. The van der Waals surface area contributed by atoms with Gasteiger partial charge in [-0.2, -0.15) is 0 Å². The van der Waals surface area contributed by atoms with Crippen LogP contribution in [0.1, 0.15) is 40.7 Å². The second-order valence-corrected chi connectivity index (χ2v) is 7.16. The molecule has 0 atom stereocenters. The molecule has 3 rings (SSSR count). The van der Waals surface area contributed by atoms with Crippen molar-refractivity contribution in [2.45, 2.75) is 38.3 Å². The highest BCUT2D eigenvalue weighted by Gasteiger charge is 2.20. The van der Waals surface area contributed by atoms with Gasteiger partial charge in [-0.25, -0.2) is 0 Å². The number of guanidine groups is 1. The number of ether oxygens (including phenoxy) is 1. The molecule has 1 amide bonds. The Morgan fingerprint density at radius 1 is 1.14 bits per heavy atom. The lowest BCUT2D eigenvalue weighted by atomic mass is 9.96. The van der Waals surface area contributed by atoms with E-state index < -0.39 is 0 Å². The number of benzene rings is 2. The van der Waals surface area contributed by atoms with Crippen LogP contribution in [0.4, 0.5) is 0 Å². The SMILES string of the molecule is CN=C(NCCc1cccc(C(=O)NC)c1)NCc1ccccc1OC1CCC1. The van der Waals surface area contributed by atoms with Gasteiger partial charge in [0.2, 0.25) is 0 Å². The maximum absolute atomic E-state index is 11.8. The molecule has 6 nitrogen and oxygen atoms in total. The van der Waals surface area contributed by atoms with E-state index in [1.54, 1.807) is 14.1 Å². The molecule has 29 heavy (non-hydrogen) atoms. The number of nitrogens with one attached hydrogen (secondary N) is 3. The molecule has 1 aliphatic rings. The van der Waals surface area contributed by atoms with E-state index in [1.807, 2.05) is 42.5 Å². The summed E-state index contributed by atoms with van der Waals surface area (Å²) in [6.45, 7) is 1.37. The van der Waals surface area contributed by atoms with Gasteiger partial charge in [-0.1, -0.05) is 30.3 Å². The van der Waals surface area contributed by atoms with Gasteiger partial charge < -0.3 is 20.7 Å². The van der Waals surface area contributed by atoms with Crippen molar-refractivity contribution in [3.8, 4) is 5.75 Å². The monoisotopic (exact) mass is 394 g/mol. The Morgan fingerprint density at radius 3 is 2.69 bits per heavy atom. The first kappa shape index (κ1) is 20.7. The molecule has 0 spiro atoms. The minimum atomic E-state index is -0.0694. The summed E-state index contributed by atoms with van der Waals surface area (Å²) >= 11 is 0. The van der Waals surface area contributed by atoms with E-state index in [-0.39, 0.29) is 5.91 Å². The van der Waals surface area contributed by atoms with Crippen molar-refractivity contribution in [1.29, 1.82) is 0 Å². The van der Waals surface area contributed by atoms with Gasteiger partial charge in [0.1, 0.15) is 5.75 Å². The number of carbonyl (C=O) groups is 1. The molecule has 1 aliphatic carbocycles. The molecule has 3 N–H and O–H groups in total. The third-order valence-electron chi connectivity index (χ3n) is 5.11. The first-order valence-corrected chi connectivity index (χ1v) is 10.2. The zero-order valence-electron chi connectivity index (χ0n) is 17.2. The van der Waals surface area contributed by atoms with Gasteiger partial charge in [0.15, 0.2) is 5.96 Å². The van der Waals surface area contributed by atoms with Crippen LogP contribution in [0.15, 0.2) is 53.5 Å². The van der Waals surface area contributed by atoms with E-state index >= 15 is 0 Å². The number of para-hydroxylation sites is 1. The summed E-state index contributed by atoms with van der Waals surface area (Å²) in [5.41, 5.74) is 2.91. The lowest BCUT2D eigenvalue weighted by molar-refractivity contribution is 0.0963. The minimum absolute atomic E-state index is 0.0694. The van der Waals surface area contributed by atoms with Crippen LogP contribution in [-0.4, -0.2) is 38.6 Å². The Morgan fingerprint density at radius 2 is 1.97 bits per heavy atom. The molecule has 1 fully saturated rings. The van der Waals surface area contributed by atoms with Crippen LogP contribution < -0.4 is 20.7 Å². The lowest BCUT2D eigenvalue weighted by Crippen LogP contribution is -2.38. The van der Waals surface area contributed by atoms with Crippen molar-refractivity contribution < 1.29 is 9.53 Å². The first-order chi connectivity index (χ1) is 14.2. The molecule has 0 bridgehead atoms. The molecule has 2 aromatic carbocycles. The van der Waals surface area contributed by atoms with Gasteiger partial charge in [0.25, 0.3) is 5.91 Å². The van der Waals surface area contributed by atoms with Crippen LogP contribution in [0.3, 0.4) is 0 Å². The largest absolute Gasteiger partial charge is 0.490 e. The highest BCUT2D eigenvalue weighted by Crippen LogP contribution is 2.27. The molecule has 1 saturated carbocycles. The Bertz CT molecular complexity index is 846. The van der Waals surface area contributed by atoms with Crippen molar-refractivity contribution in [3.05, 3.63) is 65.2 Å². The maximum Gasteiger partial charge on any atom is 0.251 e. The molecule has 0 saturated heterocycles. The molecule has 0 radical (unpaired) electrons. The van der Waals surface area contributed by atoms with E-state index in [2.05, 4.69) is 27.0 Å². The predicted molar refractivity (Wildman–Crippen MR) is 116 cm³/mol. The summed E-state index contributed by atoms with van der Waals surface area (Å²) in [5, 5.41) is 9.34. The van der Waals surface area contributed by atoms with E-state index in [4.69, 9.17) is 4.74 Å². The number of aliphatic imine (C=N–C) groups is 1. The minimum Gasteiger partial charge on any atom is -0.490 e. The molecular weight excluding hydrogens is 364 g/mol. The number of hydrogen-bond acceptors (Lipinski definition) is 3. The molecule has 6 heteroatoms. The second-order valence-electron chi connectivity index (χ2n) is 7.16. The van der Waals surface area contributed by atoms with Crippen LogP contribution in [0.2, 0.25) is 0 Å². The molecule has 0 aliphatic heterocycles. The van der Waals surface area contributed by atoms with E-state index in [0.29, 0.717) is 18.2 Å². The zero-order valence-corrected chi connectivity index (χ0v) is 17.2. The van der Waals surface area contributed by atoms with Crippen molar-refractivity contribution >= 4 is 11.9 Å². The van der Waals surface area contributed by atoms with E-state index in [9.17, 15) is 4.79 Å². The fraction of sp³-hybridized carbons (Fsp3) is 0.391. The average Bonchev–Trinajstić information content (AvgIpc) is 2.73. The Labute approximate surface area is 172 Å². The van der Waals surface area contributed by atoms with Crippen LogP contribution in [0.5, 0.6) is 5.75 Å². The molecule has 2 aromatic rings. The standard InChI is InChI=1S/C23H30N4O2/c1-24-22(28)18-9-5-7-17(15-18)13-14-26-23(25-2)27-16-19-8-3-4-12-21(19)29-20-10-6-11-20/h3-5,7-9,12,15,20H,6,10-11,13-14,16H2,1-2H3,(H,24,28)(H2,25,26,27). The van der Waals surface area contributed by atoms with E-state index in [0.717, 1.165) is 48.6 Å². The molecular formula is C23H30N4O2. The number of amides is 1. The summed E-state index contributed by atoms with van der Waals surface area (Å²) in [7, 11) is 3.40. The molecule has 0 unspecified atom stereocenters. The zero-order chi connectivity index (χ0) is 20.5. The van der Waals surface area contributed by atoms with Crippen molar-refractivity contribution in [2.24, 2.45) is 4.99 Å². The summed E-state index contributed by atoms with van der Waals surface area (Å²) in [5.74, 6) is 1.62. The fourth-order valence-corrected chi connectivity index (χ4v) is 3.17. The van der Waals surface area contributed by atoms with Crippen molar-refractivity contribution in [1.82, 2.24) is 16.0 Å². The quantitative estimate of drug-likeness (QED) is 0.475. The van der Waals surface area contributed by atoms with Crippen LogP contribution in [-0.2, 0) is 13.0 Å². The van der Waals surface area contributed by atoms with Crippen LogP contribution in [0.25, 0.3) is 0 Å². The third-order valence-corrected chi connectivity index (χ3v) is 5.11. The van der Waals surface area contributed by atoms with Crippen LogP contribution in [0, 0.1) is 0 Å². The van der Waals surface area contributed by atoms with Gasteiger partial charge >= 0.3 is 0 Å². The Hall–Kier alpha value is -3.02. The van der Waals surface area contributed by atoms with Crippen molar-refractivity contribution in [3.63, 3.8) is 0 Å². The smallest absolute Gasteiger partial charge is 0.251 e.